The number of hydrogen-bond donors (Lipinski definition) is 0. The standard InChI is InChI=1S/C8H13BrO3/c1-4-6(10)8(3,9)7(11)12-5-2/h4-5H2,1-3H3. The SMILES string of the molecule is CCOC(=O)C(C)(Br)C(=O)CC. The largest absolute Gasteiger partial charge is 0.465 e. The molecule has 0 saturated carbocycles. The molecule has 0 heterocycles. The van der Waals surface area contributed by atoms with Crippen LogP contribution >= 0.6 is 15.9 Å². The minimum absolute atomic E-state index is 0.166. The summed E-state index contributed by atoms with van der Waals surface area (Å²) in [5.41, 5.74) is 0. The highest BCUT2D eigenvalue weighted by Gasteiger charge is 2.38. The zero-order valence-corrected chi connectivity index (χ0v) is 9.10. The minimum atomic E-state index is -1.17. The highest BCUT2D eigenvalue weighted by Crippen LogP contribution is 2.21. The fourth-order valence-corrected chi connectivity index (χ4v) is 1.11. The van der Waals surface area contributed by atoms with Gasteiger partial charge < -0.3 is 4.74 Å². The van der Waals surface area contributed by atoms with Crippen molar-refractivity contribution in [2.24, 2.45) is 0 Å². The molecular weight excluding hydrogens is 224 g/mol. The highest BCUT2D eigenvalue weighted by molar-refractivity contribution is 9.10. The van der Waals surface area contributed by atoms with Gasteiger partial charge in [0.2, 0.25) is 0 Å². The van der Waals surface area contributed by atoms with Gasteiger partial charge in [0.05, 0.1) is 6.61 Å². The van der Waals surface area contributed by atoms with Gasteiger partial charge >= 0.3 is 5.97 Å². The van der Waals surface area contributed by atoms with Crippen LogP contribution < -0.4 is 0 Å². The molecule has 0 saturated heterocycles. The topological polar surface area (TPSA) is 43.4 Å². The number of hydrogen-bond acceptors (Lipinski definition) is 3. The number of ether oxygens (including phenoxy) is 1. The second-order valence-electron chi connectivity index (χ2n) is 2.50. The first-order valence-electron chi connectivity index (χ1n) is 3.86. The molecular formula is C8H13BrO3. The summed E-state index contributed by atoms with van der Waals surface area (Å²) in [5.74, 6) is -0.683. The number of ketones is 1. The first-order valence-corrected chi connectivity index (χ1v) is 4.65. The van der Waals surface area contributed by atoms with Crippen LogP contribution in [0.1, 0.15) is 27.2 Å². The van der Waals surface area contributed by atoms with Gasteiger partial charge in [-0.2, -0.15) is 0 Å². The maximum atomic E-state index is 11.2. The summed E-state index contributed by atoms with van der Waals surface area (Å²) in [4.78, 5) is 22.4. The molecule has 1 atom stereocenters. The third-order valence-electron chi connectivity index (χ3n) is 1.50. The van der Waals surface area contributed by atoms with Crippen LogP contribution in [0.5, 0.6) is 0 Å². The van der Waals surface area contributed by atoms with Crippen molar-refractivity contribution in [3.63, 3.8) is 0 Å². The highest BCUT2D eigenvalue weighted by atomic mass is 79.9. The van der Waals surface area contributed by atoms with E-state index in [1.165, 1.54) is 6.92 Å². The summed E-state index contributed by atoms with van der Waals surface area (Å²) in [6.45, 7) is 5.21. The van der Waals surface area contributed by atoms with E-state index in [1.54, 1.807) is 13.8 Å². The van der Waals surface area contributed by atoms with Gasteiger partial charge in [0.1, 0.15) is 0 Å². The number of Topliss-reactive ketones (excluding diaryl/α,β-unsaturated/α-hetero) is 1. The Morgan fingerprint density at radius 2 is 1.92 bits per heavy atom. The predicted molar refractivity (Wildman–Crippen MR) is 49.3 cm³/mol. The molecule has 12 heavy (non-hydrogen) atoms. The molecule has 4 heteroatoms. The average molecular weight is 237 g/mol. The zero-order chi connectivity index (χ0) is 9.78. The van der Waals surface area contributed by atoms with Crippen LogP contribution in [0.3, 0.4) is 0 Å². The van der Waals surface area contributed by atoms with Crippen LogP contribution in [-0.4, -0.2) is 22.7 Å². The lowest BCUT2D eigenvalue weighted by Crippen LogP contribution is -2.38. The van der Waals surface area contributed by atoms with Crippen LogP contribution in [0.15, 0.2) is 0 Å². The summed E-state index contributed by atoms with van der Waals surface area (Å²) in [6.07, 6.45) is 0.320. The van der Waals surface area contributed by atoms with Crippen LogP contribution in [0.2, 0.25) is 0 Å². The molecule has 0 amide bonds. The molecule has 0 aliphatic rings. The Morgan fingerprint density at radius 1 is 1.42 bits per heavy atom. The molecule has 70 valence electrons. The summed E-state index contributed by atoms with van der Waals surface area (Å²) in [7, 11) is 0. The quantitative estimate of drug-likeness (QED) is 0.424. The summed E-state index contributed by atoms with van der Waals surface area (Å²) < 4.78 is 3.55. The maximum absolute atomic E-state index is 11.2. The van der Waals surface area contributed by atoms with E-state index in [0.29, 0.717) is 6.42 Å². The van der Waals surface area contributed by atoms with Gasteiger partial charge in [-0.05, 0) is 13.8 Å². The monoisotopic (exact) mass is 236 g/mol. The van der Waals surface area contributed by atoms with E-state index in [9.17, 15) is 9.59 Å². The number of carbonyl (C=O) groups is 2. The summed E-state index contributed by atoms with van der Waals surface area (Å²) in [6, 6.07) is 0. The number of carbonyl (C=O) groups excluding carboxylic acids is 2. The van der Waals surface area contributed by atoms with Gasteiger partial charge in [-0.3, -0.25) is 9.59 Å². The van der Waals surface area contributed by atoms with Gasteiger partial charge in [-0.1, -0.05) is 22.9 Å². The molecule has 1 unspecified atom stereocenters. The number of rotatable bonds is 4. The molecule has 0 N–H and O–H groups in total. The Morgan fingerprint density at radius 3 is 2.25 bits per heavy atom. The Labute approximate surface area is 80.6 Å². The Kier molecular flexibility index (Phi) is 4.45. The second kappa shape index (κ2) is 4.60. The average Bonchev–Trinajstić information content (AvgIpc) is 2.03. The third-order valence-corrected chi connectivity index (χ3v) is 2.27. The lowest BCUT2D eigenvalue weighted by Gasteiger charge is -2.17. The lowest BCUT2D eigenvalue weighted by molar-refractivity contribution is -0.148. The molecule has 0 spiro atoms. The van der Waals surface area contributed by atoms with Crippen molar-refractivity contribution in [3.8, 4) is 0 Å². The molecule has 0 aliphatic heterocycles. The number of halogens is 1. The van der Waals surface area contributed by atoms with Crippen LogP contribution in [0, 0.1) is 0 Å². The van der Waals surface area contributed by atoms with E-state index in [0.717, 1.165) is 0 Å². The van der Waals surface area contributed by atoms with Gasteiger partial charge in [0.25, 0.3) is 0 Å². The van der Waals surface area contributed by atoms with E-state index >= 15 is 0 Å². The first kappa shape index (κ1) is 11.6. The van der Waals surface area contributed by atoms with E-state index in [1.807, 2.05) is 0 Å². The van der Waals surface area contributed by atoms with Crippen molar-refractivity contribution in [2.45, 2.75) is 31.5 Å². The van der Waals surface area contributed by atoms with Crippen LogP contribution in [-0.2, 0) is 14.3 Å². The van der Waals surface area contributed by atoms with Gasteiger partial charge in [-0.15, -0.1) is 0 Å². The van der Waals surface area contributed by atoms with E-state index in [-0.39, 0.29) is 12.4 Å². The van der Waals surface area contributed by atoms with Crippen molar-refractivity contribution >= 4 is 27.7 Å². The second-order valence-corrected chi connectivity index (χ2v) is 4.09. The molecule has 0 fully saturated rings. The van der Waals surface area contributed by atoms with Gasteiger partial charge in [0.15, 0.2) is 10.1 Å². The van der Waals surface area contributed by atoms with E-state index in [2.05, 4.69) is 15.9 Å². The van der Waals surface area contributed by atoms with Crippen LogP contribution in [0.4, 0.5) is 0 Å². The fraction of sp³-hybridized carbons (Fsp3) is 0.750. The molecule has 0 aromatic heterocycles. The minimum Gasteiger partial charge on any atom is -0.465 e. The van der Waals surface area contributed by atoms with Gasteiger partial charge in [0, 0.05) is 6.42 Å². The first-order chi connectivity index (χ1) is 5.46. The molecule has 0 aromatic rings. The lowest BCUT2D eigenvalue weighted by atomic mass is 10.1. The van der Waals surface area contributed by atoms with Crippen molar-refractivity contribution < 1.29 is 14.3 Å². The molecule has 0 rings (SSSR count). The Balaban J connectivity index is 4.38. The van der Waals surface area contributed by atoms with Crippen molar-refractivity contribution in [2.75, 3.05) is 6.61 Å². The molecule has 0 aliphatic carbocycles. The van der Waals surface area contributed by atoms with Crippen molar-refractivity contribution in [3.05, 3.63) is 0 Å². The normalized spacial score (nSPS) is 15.0. The molecule has 0 aromatic carbocycles. The smallest absolute Gasteiger partial charge is 0.330 e. The van der Waals surface area contributed by atoms with Gasteiger partial charge in [-0.25, -0.2) is 0 Å². The molecule has 3 nitrogen and oxygen atoms in total. The zero-order valence-electron chi connectivity index (χ0n) is 7.52. The van der Waals surface area contributed by atoms with E-state index < -0.39 is 10.3 Å². The van der Waals surface area contributed by atoms with E-state index in [4.69, 9.17) is 4.74 Å². The number of alkyl halides is 1. The Bertz CT molecular complexity index is 187. The summed E-state index contributed by atoms with van der Waals surface area (Å²) >= 11 is 3.05. The van der Waals surface area contributed by atoms with Crippen molar-refractivity contribution in [1.29, 1.82) is 0 Å². The predicted octanol–water partition coefficient (Wildman–Crippen LogP) is 1.68. The molecule has 0 radical (unpaired) electrons. The number of esters is 1. The maximum Gasteiger partial charge on any atom is 0.330 e. The Hall–Kier alpha value is -0.380. The molecule has 0 bridgehead atoms. The van der Waals surface area contributed by atoms with Crippen LogP contribution in [0.25, 0.3) is 0 Å². The third kappa shape index (κ3) is 2.59. The van der Waals surface area contributed by atoms with Crippen molar-refractivity contribution in [1.82, 2.24) is 0 Å². The summed E-state index contributed by atoms with van der Waals surface area (Å²) in [5, 5.41) is 0. The fourth-order valence-electron chi connectivity index (χ4n) is 0.712.